The van der Waals surface area contributed by atoms with Gasteiger partial charge in [-0.2, -0.15) is 0 Å². The van der Waals surface area contributed by atoms with Crippen LogP contribution in [-0.2, 0) is 19.9 Å². The number of nitrogens with zero attached hydrogens (tertiary/aromatic N) is 1. The fourth-order valence-electron chi connectivity index (χ4n) is 4.19. The van der Waals surface area contributed by atoms with Crippen LogP contribution in [0.25, 0.3) is 0 Å². The summed E-state index contributed by atoms with van der Waals surface area (Å²) in [6.45, 7) is 0.554. The van der Waals surface area contributed by atoms with Gasteiger partial charge in [0.1, 0.15) is 12.9 Å². The summed E-state index contributed by atoms with van der Waals surface area (Å²) in [4.78, 5) is 26.1. The third-order valence-electron chi connectivity index (χ3n) is 5.17. The van der Waals surface area contributed by atoms with E-state index in [1.54, 1.807) is 7.11 Å². The Bertz CT molecular complexity index is 563. The summed E-state index contributed by atoms with van der Waals surface area (Å²) in [7, 11) is 1.54. The van der Waals surface area contributed by atoms with Crippen LogP contribution in [0.15, 0.2) is 24.3 Å². The second-order valence-corrected chi connectivity index (χ2v) is 6.36. The molecule has 1 fully saturated rings. The average Bonchev–Trinajstić information content (AvgIpc) is 2.56. The molecule has 22 heavy (non-hydrogen) atoms. The van der Waals surface area contributed by atoms with E-state index < -0.39 is 0 Å². The molecule has 1 saturated carbocycles. The molecular formula is C18H23NO3. The molecule has 0 radical (unpaired) electrons. The molecule has 0 N–H and O–H groups in total. The number of methoxy groups -OCH3 is 1. The van der Waals surface area contributed by atoms with Gasteiger partial charge in [-0.25, -0.2) is 0 Å². The van der Waals surface area contributed by atoms with Crippen molar-refractivity contribution in [2.75, 3.05) is 20.3 Å². The second-order valence-electron chi connectivity index (χ2n) is 6.36. The molecule has 4 heteroatoms. The van der Waals surface area contributed by atoms with Crippen molar-refractivity contribution < 1.29 is 14.3 Å². The van der Waals surface area contributed by atoms with E-state index in [1.165, 1.54) is 12.0 Å². The minimum Gasteiger partial charge on any atom is -0.375 e. The lowest BCUT2D eigenvalue weighted by Gasteiger charge is -2.52. The predicted molar refractivity (Wildman–Crippen MR) is 83.6 cm³/mol. The Labute approximate surface area is 131 Å². The van der Waals surface area contributed by atoms with Gasteiger partial charge in [0.25, 0.3) is 0 Å². The summed E-state index contributed by atoms with van der Waals surface area (Å²) in [6.07, 6.45) is 6.39. The van der Waals surface area contributed by atoms with Gasteiger partial charge in [-0.15, -0.1) is 0 Å². The van der Waals surface area contributed by atoms with E-state index in [9.17, 15) is 9.59 Å². The Balaban J connectivity index is 2.10. The molecule has 0 aromatic heterocycles. The summed E-state index contributed by atoms with van der Waals surface area (Å²) in [6, 6.07) is 8.14. The topological polar surface area (TPSA) is 46.6 Å². The van der Waals surface area contributed by atoms with Gasteiger partial charge in [-0.05, 0) is 24.0 Å². The highest BCUT2D eigenvalue weighted by Crippen LogP contribution is 2.48. The van der Waals surface area contributed by atoms with Crippen molar-refractivity contribution in [3.05, 3.63) is 35.4 Å². The van der Waals surface area contributed by atoms with Gasteiger partial charge in [-0.3, -0.25) is 4.79 Å². The van der Waals surface area contributed by atoms with Crippen molar-refractivity contribution in [1.82, 2.24) is 4.90 Å². The highest BCUT2D eigenvalue weighted by atomic mass is 16.5. The second kappa shape index (κ2) is 6.21. The SMILES string of the molecule is COCC(=O)N1CC(C=O)c2ccccc2C12CCCCC2. The Hall–Kier alpha value is -1.68. The number of amides is 1. The summed E-state index contributed by atoms with van der Waals surface area (Å²) >= 11 is 0. The standard InChI is InChI=1S/C18H23NO3/c1-22-13-17(21)19-11-14(12-20)15-7-3-4-8-16(15)18(19)9-5-2-6-10-18/h3-4,7-8,12,14H,2,5-6,9-11,13H2,1H3. The highest BCUT2D eigenvalue weighted by molar-refractivity contribution is 5.80. The fourth-order valence-corrected chi connectivity index (χ4v) is 4.19. The van der Waals surface area contributed by atoms with Crippen molar-refractivity contribution in [1.29, 1.82) is 0 Å². The Morgan fingerprint density at radius 2 is 2.05 bits per heavy atom. The van der Waals surface area contributed by atoms with Crippen molar-refractivity contribution >= 4 is 12.2 Å². The highest BCUT2D eigenvalue weighted by Gasteiger charge is 2.47. The molecule has 1 spiro atoms. The quantitative estimate of drug-likeness (QED) is 0.806. The predicted octanol–water partition coefficient (Wildman–Crippen LogP) is 2.62. The normalized spacial score (nSPS) is 23.1. The number of fused-ring (bicyclic) bond motifs is 2. The molecule has 3 rings (SSSR count). The number of benzene rings is 1. The summed E-state index contributed by atoms with van der Waals surface area (Å²) in [5.41, 5.74) is 2.02. The monoisotopic (exact) mass is 301 g/mol. The minimum atomic E-state index is -0.246. The van der Waals surface area contributed by atoms with Gasteiger partial charge < -0.3 is 14.4 Å². The zero-order valence-corrected chi connectivity index (χ0v) is 13.1. The van der Waals surface area contributed by atoms with Crippen LogP contribution in [0.1, 0.15) is 49.1 Å². The number of carbonyl (C=O) groups excluding carboxylic acids is 2. The first-order valence-electron chi connectivity index (χ1n) is 8.07. The molecule has 1 unspecified atom stereocenters. The molecule has 118 valence electrons. The molecular weight excluding hydrogens is 278 g/mol. The maximum atomic E-state index is 12.6. The van der Waals surface area contributed by atoms with Crippen LogP contribution in [0.2, 0.25) is 0 Å². The van der Waals surface area contributed by atoms with Crippen molar-refractivity contribution in [2.45, 2.75) is 43.6 Å². The van der Waals surface area contributed by atoms with Gasteiger partial charge in [-0.1, -0.05) is 43.5 Å². The Morgan fingerprint density at radius 1 is 1.32 bits per heavy atom. The van der Waals surface area contributed by atoms with Crippen LogP contribution in [0.3, 0.4) is 0 Å². The molecule has 0 saturated heterocycles. The average molecular weight is 301 g/mol. The number of ether oxygens (including phenoxy) is 1. The first kappa shape index (κ1) is 15.2. The van der Waals surface area contributed by atoms with Crippen LogP contribution in [0, 0.1) is 0 Å². The van der Waals surface area contributed by atoms with Crippen molar-refractivity contribution in [3.63, 3.8) is 0 Å². The fraction of sp³-hybridized carbons (Fsp3) is 0.556. The lowest BCUT2D eigenvalue weighted by molar-refractivity contribution is -0.145. The van der Waals surface area contributed by atoms with Gasteiger partial charge >= 0.3 is 0 Å². The smallest absolute Gasteiger partial charge is 0.249 e. The van der Waals surface area contributed by atoms with E-state index in [2.05, 4.69) is 6.07 Å². The molecule has 4 nitrogen and oxygen atoms in total. The molecule has 0 bridgehead atoms. The number of aldehydes is 1. The van der Waals surface area contributed by atoms with Gasteiger partial charge in [0.2, 0.25) is 5.91 Å². The molecule has 1 aromatic carbocycles. The maximum absolute atomic E-state index is 12.6. The van der Waals surface area contributed by atoms with E-state index in [-0.39, 0.29) is 24.0 Å². The number of carbonyl (C=O) groups is 2. The third-order valence-corrected chi connectivity index (χ3v) is 5.17. The van der Waals surface area contributed by atoms with Gasteiger partial charge in [0, 0.05) is 13.7 Å². The third kappa shape index (κ3) is 2.35. The number of hydrogen-bond acceptors (Lipinski definition) is 3. The van der Waals surface area contributed by atoms with E-state index in [1.807, 2.05) is 23.1 Å². The Morgan fingerprint density at radius 3 is 2.73 bits per heavy atom. The van der Waals surface area contributed by atoms with Crippen LogP contribution in [0.4, 0.5) is 0 Å². The first-order valence-corrected chi connectivity index (χ1v) is 8.07. The zero-order chi connectivity index (χ0) is 15.6. The lowest BCUT2D eigenvalue weighted by atomic mass is 9.69. The van der Waals surface area contributed by atoms with Crippen molar-refractivity contribution in [2.24, 2.45) is 0 Å². The molecule has 1 aliphatic heterocycles. The summed E-state index contributed by atoms with van der Waals surface area (Å²) < 4.78 is 5.07. The summed E-state index contributed by atoms with van der Waals surface area (Å²) in [5.74, 6) is -0.240. The first-order chi connectivity index (χ1) is 10.7. The molecule has 1 aliphatic carbocycles. The van der Waals surface area contributed by atoms with E-state index in [0.717, 1.165) is 37.5 Å². The molecule has 1 aromatic rings. The van der Waals surface area contributed by atoms with E-state index in [0.29, 0.717) is 6.54 Å². The molecule has 1 amide bonds. The lowest BCUT2D eigenvalue weighted by Crippen LogP contribution is -2.56. The number of hydrogen-bond donors (Lipinski definition) is 0. The largest absolute Gasteiger partial charge is 0.375 e. The molecule has 1 atom stereocenters. The van der Waals surface area contributed by atoms with Crippen LogP contribution in [0.5, 0.6) is 0 Å². The van der Waals surface area contributed by atoms with Crippen LogP contribution < -0.4 is 0 Å². The number of rotatable bonds is 3. The molecule has 2 aliphatic rings. The minimum absolute atomic E-state index is 0.00856. The van der Waals surface area contributed by atoms with Crippen LogP contribution >= 0.6 is 0 Å². The van der Waals surface area contributed by atoms with E-state index in [4.69, 9.17) is 4.74 Å². The van der Waals surface area contributed by atoms with Gasteiger partial charge in [0.15, 0.2) is 0 Å². The Kier molecular flexibility index (Phi) is 4.30. The zero-order valence-electron chi connectivity index (χ0n) is 13.1. The molecule has 1 heterocycles. The van der Waals surface area contributed by atoms with Crippen LogP contribution in [-0.4, -0.2) is 37.4 Å². The van der Waals surface area contributed by atoms with E-state index >= 15 is 0 Å². The maximum Gasteiger partial charge on any atom is 0.249 e. The van der Waals surface area contributed by atoms with Gasteiger partial charge in [0.05, 0.1) is 11.5 Å². The summed E-state index contributed by atoms with van der Waals surface area (Å²) in [5, 5.41) is 0. The van der Waals surface area contributed by atoms with Crippen molar-refractivity contribution in [3.8, 4) is 0 Å².